The Morgan fingerprint density at radius 3 is 1.44 bits per heavy atom. The molecule has 1 aromatic rings. The van der Waals surface area contributed by atoms with E-state index < -0.39 is 30.0 Å². The molecule has 1 heterocycles. The number of aromatic carboxylic acids is 2. The van der Waals surface area contributed by atoms with Crippen LogP contribution in [0.5, 0.6) is 0 Å². The van der Waals surface area contributed by atoms with Gasteiger partial charge in [0.2, 0.25) is 0 Å². The van der Waals surface area contributed by atoms with E-state index in [0.717, 1.165) is 43.9 Å². The Morgan fingerprint density at radius 2 is 1.22 bits per heavy atom. The van der Waals surface area contributed by atoms with Gasteiger partial charge in [-0.2, -0.15) is 0 Å². The maximum Gasteiger partial charge on any atom is 0.338 e. The molecule has 1 unspecified atom stereocenters. The van der Waals surface area contributed by atoms with Crippen LogP contribution in [0.2, 0.25) is 0 Å². The quantitative estimate of drug-likeness (QED) is 0.181. The summed E-state index contributed by atoms with van der Waals surface area (Å²) in [6.45, 7) is 1.96. The molecule has 11 heteroatoms. The van der Waals surface area contributed by atoms with Gasteiger partial charge in [0.05, 0.1) is 23.8 Å². The summed E-state index contributed by atoms with van der Waals surface area (Å²) < 4.78 is 3.97. The van der Waals surface area contributed by atoms with Crippen LogP contribution in [0, 0.1) is 0 Å². The van der Waals surface area contributed by atoms with Gasteiger partial charge in [0, 0.05) is 25.4 Å². The lowest BCUT2D eigenvalue weighted by Crippen LogP contribution is -2.03. The molecule has 0 aliphatic carbocycles. The summed E-state index contributed by atoms with van der Waals surface area (Å²) >= 11 is 0. The van der Waals surface area contributed by atoms with Crippen LogP contribution in [-0.4, -0.2) is 80.4 Å². The zero-order valence-corrected chi connectivity index (χ0v) is 17.7. The molecule has 1 atom stereocenters. The van der Waals surface area contributed by atoms with Crippen molar-refractivity contribution in [3.8, 4) is 0 Å². The van der Waals surface area contributed by atoms with Gasteiger partial charge >= 0.3 is 23.9 Å². The Kier molecular flexibility index (Phi) is 19.2. The van der Waals surface area contributed by atoms with E-state index in [1.807, 2.05) is 0 Å². The summed E-state index contributed by atoms with van der Waals surface area (Å²) in [4.78, 5) is 40.6. The first-order valence-corrected chi connectivity index (χ1v) is 9.60. The van der Waals surface area contributed by atoms with E-state index in [-0.39, 0.29) is 30.9 Å². The van der Waals surface area contributed by atoms with Gasteiger partial charge in [-0.3, -0.25) is 0 Å². The number of cyclic esters (lactones) is 2. The monoisotopic (exact) mass is 458 g/mol. The molecule has 180 valence electrons. The summed E-state index contributed by atoms with van der Waals surface area (Å²) in [6, 6.07) is 5.20. The molecule has 32 heavy (non-hydrogen) atoms. The van der Waals surface area contributed by atoms with Crippen LogP contribution in [0.1, 0.15) is 53.3 Å². The van der Waals surface area contributed by atoms with E-state index in [9.17, 15) is 19.2 Å². The van der Waals surface area contributed by atoms with Crippen molar-refractivity contribution < 1.29 is 54.6 Å². The third-order valence-corrected chi connectivity index (χ3v) is 3.24. The van der Waals surface area contributed by atoms with Crippen molar-refractivity contribution in [2.24, 2.45) is 0 Å². The van der Waals surface area contributed by atoms with Crippen molar-refractivity contribution in [1.29, 1.82) is 0 Å². The van der Waals surface area contributed by atoms with Crippen LogP contribution >= 0.6 is 0 Å². The highest BCUT2D eigenvalue weighted by Crippen LogP contribution is 2.04. The number of benzene rings is 1. The Morgan fingerprint density at radius 1 is 0.844 bits per heavy atom. The molecule has 6 N–H and O–H groups in total. The minimum Gasteiger partial charge on any atom is -0.478 e. The van der Waals surface area contributed by atoms with E-state index in [4.69, 9.17) is 30.6 Å². The van der Waals surface area contributed by atoms with E-state index >= 15 is 0 Å². The van der Waals surface area contributed by atoms with Crippen LogP contribution < -0.4 is 0 Å². The van der Waals surface area contributed by atoms with Gasteiger partial charge in [-0.1, -0.05) is 18.9 Å². The molecule has 0 spiro atoms. The second kappa shape index (κ2) is 19.8. The second-order valence-corrected chi connectivity index (χ2v) is 6.16. The molecule has 0 saturated carbocycles. The largest absolute Gasteiger partial charge is 0.478 e. The zero-order valence-electron chi connectivity index (χ0n) is 17.7. The summed E-state index contributed by atoms with van der Waals surface area (Å²) in [5.41, 5.74) is -0.0372. The molecule has 11 nitrogen and oxygen atoms in total. The van der Waals surface area contributed by atoms with E-state index in [1.54, 1.807) is 0 Å². The van der Waals surface area contributed by atoms with Gasteiger partial charge in [0.15, 0.2) is 0 Å². The zero-order chi connectivity index (χ0) is 24.9. The van der Waals surface area contributed by atoms with Gasteiger partial charge in [-0.15, -0.1) is 0 Å². The van der Waals surface area contributed by atoms with Crippen molar-refractivity contribution in [2.75, 3.05) is 19.8 Å². The molecule has 1 aliphatic rings. The van der Waals surface area contributed by atoms with Crippen molar-refractivity contribution in [3.05, 3.63) is 47.5 Å². The number of hydrogen-bond acceptors (Lipinski definition) is 9. The summed E-state index contributed by atoms with van der Waals surface area (Å²) in [5.74, 6) is -3.41. The highest BCUT2D eigenvalue weighted by Gasteiger charge is 2.10. The molecule has 0 fully saturated rings. The number of unbranched alkanes of at least 4 members (excludes halogenated alkanes) is 3. The maximum absolute atomic E-state index is 10.4. The molecule has 1 aromatic carbocycles. The Balaban J connectivity index is 0. The first kappa shape index (κ1) is 31.1. The van der Waals surface area contributed by atoms with Gasteiger partial charge < -0.3 is 35.4 Å². The number of carbonyl (C=O) groups is 4. The maximum atomic E-state index is 10.4. The van der Waals surface area contributed by atoms with Crippen LogP contribution in [0.4, 0.5) is 0 Å². The van der Waals surface area contributed by atoms with Crippen molar-refractivity contribution in [1.82, 2.24) is 0 Å². The number of carboxylic acids is 2. The number of hydrogen-bond donors (Lipinski definition) is 6. The lowest BCUT2D eigenvalue weighted by Gasteiger charge is -1.95. The fraction of sp³-hybridized carbons (Fsp3) is 0.429. The van der Waals surface area contributed by atoms with E-state index in [0.29, 0.717) is 0 Å². The van der Waals surface area contributed by atoms with Crippen molar-refractivity contribution in [3.63, 3.8) is 0 Å². The summed E-state index contributed by atoms with van der Waals surface area (Å²) in [5, 5.41) is 49.6. The lowest BCUT2D eigenvalue weighted by molar-refractivity contribution is -0.150. The number of rotatable bonds is 8. The number of carboxylic acid groups (broad SMARTS) is 2. The van der Waals surface area contributed by atoms with Crippen molar-refractivity contribution in [2.45, 2.75) is 38.7 Å². The number of esters is 2. The van der Waals surface area contributed by atoms with Gasteiger partial charge in [-0.25, -0.2) is 19.2 Å². The SMILES string of the molecule is CC(O)CO.O=C(O)c1cccc(C(=O)O)c1.O=C1C=CC(=O)O1.OCCCCCCO. The third-order valence-electron chi connectivity index (χ3n) is 3.24. The number of ether oxygens (including phenoxy) is 1. The molecule has 2 rings (SSSR count). The smallest absolute Gasteiger partial charge is 0.338 e. The number of aliphatic hydroxyl groups excluding tert-OH is 4. The standard InChI is InChI=1S/C8H6O4.C6H14O2.C4H2O3.C3H8O2/c9-7(10)5-2-1-3-6(4-5)8(11)12;7-5-3-1-2-4-6-8;5-3-1-2-4(6)7-3;1-3(5)2-4/h1-4H,(H,9,10)(H,11,12);7-8H,1-6H2;1-2H;3-5H,2H2,1H3. The highest BCUT2D eigenvalue weighted by atomic mass is 16.6. The normalized spacial score (nSPS) is 12.2. The minimum absolute atomic E-state index is 0.0186. The molecule has 1 aliphatic heterocycles. The van der Waals surface area contributed by atoms with Crippen LogP contribution in [0.3, 0.4) is 0 Å². The first-order chi connectivity index (χ1) is 15.1. The summed E-state index contributed by atoms with van der Waals surface area (Å²) in [6.07, 6.45) is 5.44. The fourth-order valence-corrected chi connectivity index (χ4v) is 1.67. The average Bonchev–Trinajstić information content (AvgIpc) is 3.15. The predicted octanol–water partition coefficient (Wildman–Crippen LogP) is 0.600. The Labute approximate surface area is 185 Å². The lowest BCUT2D eigenvalue weighted by atomic mass is 10.1. The fourth-order valence-electron chi connectivity index (χ4n) is 1.67. The Bertz CT molecular complexity index is 675. The third kappa shape index (κ3) is 18.9. The Hall–Kier alpha value is -3.12. The van der Waals surface area contributed by atoms with Gasteiger partial charge in [-0.05, 0) is 38.0 Å². The van der Waals surface area contributed by atoms with E-state index in [2.05, 4.69) is 4.74 Å². The van der Waals surface area contributed by atoms with Gasteiger partial charge in [0.1, 0.15) is 0 Å². The number of carbonyl (C=O) groups excluding carboxylic acids is 2. The summed E-state index contributed by atoms with van der Waals surface area (Å²) in [7, 11) is 0. The predicted molar refractivity (Wildman–Crippen MR) is 112 cm³/mol. The molecule has 0 saturated heterocycles. The molecule has 0 bridgehead atoms. The van der Waals surface area contributed by atoms with Crippen LogP contribution in [0.15, 0.2) is 36.4 Å². The molecule has 0 radical (unpaired) electrons. The van der Waals surface area contributed by atoms with Gasteiger partial charge in [0.25, 0.3) is 0 Å². The molecular weight excluding hydrogens is 428 g/mol. The highest BCUT2D eigenvalue weighted by molar-refractivity contribution is 6.04. The van der Waals surface area contributed by atoms with Crippen molar-refractivity contribution >= 4 is 23.9 Å². The van der Waals surface area contributed by atoms with Crippen LogP contribution in [0.25, 0.3) is 0 Å². The number of aliphatic hydroxyl groups is 4. The second-order valence-electron chi connectivity index (χ2n) is 6.16. The minimum atomic E-state index is -1.13. The topological polar surface area (TPSA) is 199 Å². The first-order valence-electron chi connectivity index (χ1n) is 9.60. The molecule has 0 aromatic heterocycles. The molecular formula is C21H30O11. The average molecular weight is 458 g/mol. The molecule has 0 amide bonds. The van der Waals surface area contributed by atoms with Crippen LogP contribution in [-0.2, 0) is 14.3 Å². The van der Waals surface area contributed by atoms with E-state index in [1.165, 1.54) is 25.1 Å².